The molecule has 6 heteroatoms. The van der Waals surface area contributed by atoms with Crippen molar-refractivity contribution in [3.05, 3.63) is 48.0 Å². The van der Waals surface area contributed by atoms with Gasteiger partial charge in [0.2, 0.25) is 5.91 Å². The van der Waals surface area contributed by atoms with E-state index in [1.807, 2.05) is 24.0 Å². The summed E-state index contributed by atoms with van der Waals surface area (Å²) in [5.74, 6) is 0.519. The van der Waals surface area contributed by atoms with Crippen LogP contribution in [0, 0.1) is 0 Å². The predicted octanol–water partition coefficient (Wildman–Crippen LogP) is 2.70. The molecule has 1 atom stereocenters. The quantitative estimate of drug-likeness (QED) is 0.661. The molecule has 1 amide bonds. The molecule has 0 fully saturated rings. The third-order valence-corrected chi connectivity index (χ3v) is 4.02. The number of hydrogen-bond acceptors (Lipinski definition) is 5. The summed E-state index contributed by atoms with van der Waals surface area (Å²) in [6, 6.07) is 12.3. The van der Waals surface area contributed by atoms with Gasteiger partial charge in [0.25, 0.3) is 0 Å². The fraction of sp³-hybridized carbons (Fsp3) is 0.263. The zero-order chi connectivity index (χ0) is 18.0. The van der Waals surface area contributed by atoms with Crippen LogP contribution in [0.1, 0.15) is 24.2 Å². The van der Waals surface area contributed by atoms with E-state index < -0.39 is 0 Å². The second-order valence-electron chi connectivity index (χ2n) is 6.22. The number of nitrogen functional groups attached to an aromatic ring is 1. The van der Waals surface area contributed by atoms with Gasteiger partial charge in [-0.25, -0.2) is 0 Å². The van der Waals surface area contributed by atoms with E-state index in [0.29, 0.717) is 23.5 Å². The number of nitrogens with one attached hydrogen (secondary N) is 1. The zero-order valence-electron chi connectivity index (χ0n) is 14.3. The summed E-state index contributed by atoms with van der Waals surface area (Å²) in [7, 11) is 0. The molecule has 0 saturated carbocycles. The molecule has 0 aromatic heterocycles. The predicted molar refractivity (Wildman–Crippen MR) is 98.2 cm³/mol. The molecule has 0 saturated heterocycles. The number of ether oxygens (including phenoxy) is 1. The van der Waals surface area contributed by atoms with Crippen LogP contribution in [0.4, 0.5) is 17.1 Å². The molecular formula is C19H21N3O3. The first-order valence-corrected chi connectivity index (χ1v) is 8.14. The number of Topliss-reactive ketones (excluding diaryl/α,β-unsaturated/α-hetero) is 1. The fourth-order valence-corrected chi connectivity index (χ4v) is 2.88. The van der Waals surface area contributed by atoms with Crippen molar-refractivity contribution in [2.24, 2.45) is 0 Å². The number of carbonyl (C=O) groups excluding carboxylic acids is 2. The van der Waals surface area contributed by atoms with E-state index in [4.69, 9.17) is 10.5 Å². The van der Waals surface area contributed by atoms with Gasteiger partial charge >= 0.3 is 0 Å². The van der Waals surface area contributed by atoms with Crippen LogP contribution in [0.2, 0.25) is 0 Å². The monoisotopic (exact) mass is 339 g/mol. The van der Waals surface area contributed by atoms with Crippen molar-refractivity contribution >= 4 is 28.8 Å². The Hall–Kier alpha value is -3.02. The van der Waals surface area contributed by atoms with Crippen molar-refractivity contribution in [1.82, 2.24) is 0 Å². The van der Waals surface area contributed by atoms with Crippen LogP contribution in [0.5, 0.6) is 5.75 Å². The average Bonchev–Trinajstić information content (AvgIpc) is 2.55. The second-order valence-corrected chi connectivity index (χ2v) is 6.22. The molecule has 3 N–H and O–H groups in total. The lowest BCUT2D eigenvalue weighted by Crippen LogP contribution is -2.42. The number of amides is 1. The van der Waals surface area contributed by atoms with E-state index in [1.165, 1.54) is 6.92 Å². The van der Waals surface area contributed by atoms with E-state index in [2.05, 4.69) is 5.32 Å². The van der Waals surface area contributed by atoms with Crippen LogP contribution >= 0.6 is 0 Å². The first kappa shape index (κ1) is 16.8. The van der Waals surface area contributed by atoms with Gasteiger partial charge in [0.05, 0.1) is 18.8 Å². The Balaban J connectivity index is 1.74. The molecule has 0 radical (unpaired) electrons. The molecule has 130 valence electrons. The lowest BCUT2D eigenvalue weighted by molar-refractivity contribution is -0.115. The Morgan fingerprint density at radius 2 is 2.08 bits per heavy atom. The summed E-state index contributed by atoms with van der Waals surface area (Å²) < 4.78 is 5.79. The van der Waals surface area contributed by atoms with Crippen molar-refractivity contribution < 1.29 is 14.3 Å². The molecule has 25 heavy (non-hydrogen) atoms. The van der Waals surface area contributed by atoms with Gasteiger partial charge in [0.1, 0.15) is 11.9 Å². The van der Waals surface area contributed by atoms with Crippen molar-refractivity contribution in [1.29, 1.82) is 0 Å². The van der Waals surface area contributed by atoms with Gasteiger partial charge in [0, 0.05) is 16.9 Å². The first-order chi connectivity index (χ1) is 11.9. The highest BCUT2D eigenvalue weighted by Crippen LogP contribution is 2.34. The molecule has 0 spiro atoms. The number of fused-ring (bicyclic) bond motifs is 1. The van der Waals surface area contributed by atoms with Gasteiger partial charge in [-0.1, -0.05) is 12.1 Å². The van der Waals surface area contributed by atoms with Gasteiger partial charge in [-0.05, 0) is 44.2 Å². The fourth-order valence-electron chi connectivity index (χ4n) is 2.88. The summed E-state index contributed by atoms with van der Waals surface area (Å²) in [6.45, 7) is 4.23. The van der Waals surface area contributed by atoms with Gasteiger partial charge in [0.15, 0.2) is 5.78 Å². The van der Waals surface area contributed by atoms with Crippen molar-refractivity contribution in [2.75, 3.05) is 29.0 Å². The summed E-state index contributed by atoms with van der Waals surface area (Å²) >= 11 is 0. The van der Waals surface area contributed by atoms with E-state index in [1.54, 1.807) is 30.3 Å². The molecule has 3 rings (SSSR count). The summed E-state index contributed by atoms with van der Waals surface area (Å²) in [6.07, 6.45) is -0.0232. The van der Waals surface area contributed by atoms with Crippen molar-refractivity contribution in [2.45, 2.75) is 20.0 Å². The maximum Gasteiger partial charge on any atom is 0.243 e. The topological polar surface area (TPSA) is 84.7 Å². The standard InChI is InChI=1S/C19H21N3O3/c1-12-10-22(17-9-15(20)6-7-18(17)25-12)11-19(24)21-16-5-3-4-14(8-16)13(2)23/h3-9,12H,10-11,20H2,1-2H3,(H,21,24). The number of ketones is 1. The number of nitrogens with zero attached hydrogens (tertiary/aromatic N) is 1. The molecule has 2 aromatic rings. The maximum absolute atomic E-state index is 12.5. The van der Waals surface area contributed by atoms with Crippen molar-refractivity contribution in [3.63, 3.8) is 0 Å². The minimum atomic E-state index is -0.164. The number of benzene rings is 2. The molecule has 0 bridgehead atoms. The molecule has 2 aromatic carbocycles. The van der Waals surface area contributed by atoms with E-state index in [0.717, 1.165) is 11.4 Å². The van der Waals surface area contributed by atoms with Crippen LogP contribution in [0.25, 0.3) is 0 Å². The maximum atomic E-state index is 12.5. The summed E-state index contributed by atoms with van der Waals surface area (Å²) in [5, 5.41) is 2.84. The number of anilines is 3. The zero-order valence-corrected chi connectivity index (χ0v) is 14.3. The number of rotatable bonds is 4. The average molecular weight is 339 g/mol. The smallest absolute Gasteiger partial charge is 0.243 e. The third kappa shape index (κ3) is 3.91. The van der Waals surface area contributed by atoms with Gasteiger partial charge in [-0.2, -0.15) is 0 Å². The van der Waals surface area contributed by atoms with E-state index >= 15 is 0 Å². The van der Waals surface area contributed by atoms with Crippen LogP contribution in [-0.4, -0.2) is 30.9 Å². The Morgan fingerprint density at radius 1 is 1.28 bits per heavy atom. The minimum Gasteiger partial charge on any atom is -0.487 e. The van der Waals surface area contributed by atoms with Crippen LogP contribution < -0.4 is 20.7 Å². The molecule has 0 aliphatic carbocycles. The Labute approximate surface area is 146 Å². The van der Waals surface area contributed by atoms with E-state index in [-0.39, 0.29) is 24.3 Å². The number of carbonyl (C=O) groups is 2. The Bertz CT molecular complexity index is 819. The van der Waals surface area contributed by atoms with Gasteiger partial charge < -0.3 is 20.7 Å². The molecule has 1 unspecified atom stereocenters. The van der Waals surface area contributed by atoms with Crippen LogP contribution in [-0.2, 0) is 4.79 Å². The lowest BCUT2D eigenvalue weighted by atomic mass is 10.1. The highest BCUT2D eigenvalue weighted by molar-refractivity contribution is 5.98. The molecule has 1 heterocycles. The summed E-state index contributed by atoms with van der Waals surface area (Å²) in [5.41, 5.74) is 8.47. The highest BCUT2D eigenvalue weighted by Gasteiger charge is 2.24. The van der Waals surface area contributed by atoms with Crippen LogP contribution in [0.3, 0.4) is 0 Å². The summed E-state index contributed by atoms with van der Waals surface area (Å²) in [4.78, 5) is 25.9. The SMILES string of the molecule is CC(=O)c1cccc(NC(=O)CN2CC(C)Oc3ccc(N)cc32)c1. The third-order valence-electron chi connectivity index (χ3n) is 4.02. The normalized spacial score (nSPS) is 15.9. The van der Waals surface area contributed by atoms with Crippen molar-refractivity contribution in [3.8, 4) is 5.75 Å². The Morgan fingerprint density at radius 3 is 2.84 bits per heavy atom. The molecule has 1 aliphatic rings. The molecule has 1 aliphatic heterocycles. The number of nitrogens with two attached hydrogens (primary N) is 1. The van der Waals surface area contributed by atoms with Crippen LogP contribution in [0.15, 0.2) is 42.5 Å². The van der Waals surface area contributed by atoms with E-state index in [9.17, 15) is 9.59 Å². The lowest BCUT2D eigenvalue weighted by Gasteiger charge is -2.34. The van der Waals surface area contributed by atoms with Gasteiger partial charge in [-0.15, -0.1) is 0 Å². The van der Waals surface area contributed by atoms with Gasteiger partial charge in [-0.3, -0.25) is 9.59 Å². The first-order valence-electron chi connectivity index (χ1n) is 8.14. The Kier molecular flexibility index (Phi) is 4.61. The minimum absolute atomic E-state index is 0.0232. The number of hydrogen-bond donors (Lipinski definition) is 2. The second kappa shape index (κ2) is 6.84. The largest absolute Gasteiger partial charge is 0.487 e. The molecule has 6 nitrogen and oxygen atoms in total. The highest BCUT2D eigenvalue weighted by atomic mass is 16.5. The molecular weight excluding hydrogens is 318 g/mol.